The van der Waals surface area contributed by atoms with E-state index in [9.17, 15) is 0 Å². The summed E-state index contributed by atoms with van der Waals surface area (Å²) in [7, 11) is 0. The highest BCUT2D eigenvalue weighted by atomic mass is 15.3. The minimum absolute atomic E-state index is 0.406. The average Bonchev–Trinajstić information content (AvgIpc) is 2.98. The lowest BCUT2D eigenvalue weighted by Crippen LogP contribution is -2.11. The zero-order valence-corrected chi connectivity index (χ0v) is 10.1. The van der Waals surface area contributed by atoms with E-state index in [1.54, 1.807) is 16.9 Å². The van der Waals surface area contributed by atoms with Crippen LogP contribution in [0.3, 0.4) is 0 Å². The van der Waals surface area contributed by atoms with E-state index in [0.29, 0.717) is 5.69 Å². The molecule has 3 heterocycles. The van der Waals surface area contributed by atoms with E-state index in [2.05, 4.69) is 15.4 Å². The van der Waals surface area contributed by atoms with Gasteiger partial charge in [0.15, 0.2) is 0 Å². The van der Waals surface area contributed by atoms with Gasteiger partial charge in [-0.05, 0) is 18.2 Å². The lowest BCUT2D eigenvalue weighted by molar-refractivity contribution is 0.875. The normalized spacial score (nSPS) is 13.5. The summed E-state index contributed by atoms with van der Waals surface area (Å²) in [6, 6.07) is 7.41. The van der Waals surface area contributed by atoms with Crippen molar-refractivity contribution in [1.82, 2.24) is 20.1 Å². The molecule has 1 N–H and O–H groups in total. The van der Waals surface area contributed by atoms with Gasteiger partial charge in [-0.1, -0.05) is 12.1 Å². The number of rotatable bonds is 2. The van der Waals surface area contributed by atoms with Crippen LogP contribution >= 0.6 is 0 Å². The van der Waals surface area contributed by atoms with Crippen LogP contribution in [-0.2, 0) is 0 Å². The molecule has 0 unspecified atom stereocenters. The summed E-state index contributed by atoms with van der Waals surface area (Å²) in [6.07, 6.45) is 9.59. The lowest BCUT2D eigenvalue weighted by atomic mass is 10.2. The minimum atomic E-state index is 0.406. The summed E-state index contributed by atoms with van der Waals surface area (Å²) in [5, 5.41) is 16.3. The first kappa shape index (κ1) is 11.2. The maximum atomic E-state index is 8.86. The van der Waals surface area contributed by atoms with Crippen molar-refractivity contribution < 1.29 is 0 Å². The topological polar surface area (TPSA) is 66.5 Å². The van der Waals surface area contributed by atoms with E-state index in [0.717, 1.165) is 23.5 Å². The fraction of sp³-hybridized carbons (Fsp3) is 0.0714. The number of nitrogens with zero attached hydrogens (tertiary/aromatic N) is 4. The molecule has 1 aliphatic heterocycles. The van der Waals surface area contributed by atoms with Crippen molar-refractivity contribution in [3.8, 4) is 17.3 Å². The predicted octanol–water partition coefficient (Wildman–Crippen LogP) is 1.77. The van der Waals surface area contributed by atoms with Gasteiger partial charge in [0, 0.05) is 24.5 Å². The Bertz CT molecular complexity index is 703. The molecular formula is C14H11N5. The van der Waals surface area contributed by atoms with E-state index in [1.807, 2.05) is 42.8 Å². The highest BCUT2D eigenvalue weighted by molar-refractivity contribution is 5.63. The molecule has 0 fully saturated rings. The second-order valence-corrected chi connectivity index (χ2v) is 4.07. The molecule has 0 saturated heterocycles. The number of dihydropyridines is 1. The molecule has 0 aromatic carbocycles. The Morgan fingerprint density at radius 1 is 1.37 bits per heavy atom. The van der Waals surface area contributed by atoms with Crippen LogP contribution < -0.4 is 5.32 Å². The van der Waals surface area contributed by atoms with Crippen LogP contribution in [0.15, 0.2) is 48.9 Å². The van der Waals surface area contributed by atoms with Gasteiger partial charge in [0.05, 0.1) is 17.6 Å². The van der Waals surface area contributed by atoms with Gasteiger partial charge < -0.3 is 5.32 Å². The molecule has 92 valence electrons. The van der Waals surface area contributed by atoms with Gasteiger partial charge in [-0.2, -0.15) is 10.4 Å². The molecule has 0 amide bonds. The van der Waals surface area contributed by atoms with Crippen LogP contribution in [0.1, 0.15) is 5.69 Å². The van der Waals surface area contributed by atoms with Gasteiger partial charge in [0.25, 0.3) is 0 Å². The number of allylic oxidation sites excluding steroid dienone is 2. The SMILES string of the molecule is N#Cc1cccc(-c2cnn(C3=CNCC=C3)c2)n1. The number of nitrogens with one attached hydrogen (secondary N) is 1. The van der Waals surface area contributed by atoms with Gasteiger partial charge in [0.1, 0.15) is 11.8 Å². The van der Waals surface area contributed by atoms with E-state index in [-0.39, 0.29) is 0 Å². The number of hydrogen-bond donors (Lipinski definition) is 1. The number of hydrogen-bond acceptors (Lipinski definition) is 4. The Morgan fingerprint density at radius 2 is 2.32 bits per heavy atom. The Balaban J connectivity index is 1.95. The van der Waals surface area contributed by atoms with Gasteiger partial charge >= 0.3 is 0 Å². The van der Waals surface area contributed by atoms with E-state index >= 15 is 0 Å². The summed E-state index contributed by atoms with van der Waals surface area (Å²) < 4.78 is 1.78. The Morgan fingerprint density at radius 3 is 3.11 bits per heavy atom. The maximum absolute atomic E-state index is 8.86. The van der Waals surface area contributed by atoms with Crippen molar-refractivity contribution in [2.24, 2.45) is 0 Å². The smallest absolute Gasteiger partial charge is 0.141 e. The first-order valence-electron chi connectivity index (χ1n) is 5.89. The van der Waals surface area contributed by atoms with Gasteiger partial charge in [-0.25, -0.2) is 9.67 Å². The van der Waals surface area contributed by atoms with Crippen LogP contribution in [0, 0.1) is 11.3 Å². The van der Waals surface area contributed by atoms with E-state index in [1.165, 1.54) is 0 Å². The van der Waals surface area contributed by atoms with Crippen LogP contribution in [-0.4, -0.2) is 21.3 Å². The first-order chi connectivity index (χ1) is 9.36. The number of aromatic nitrogens is 3. The van der Waals surface area contributed by atoms with E-state index in [4.69, 9.17) is 5.26 Å². The first-order valence-corrected chi connectivity index (χ1v) is 5.89. The molecule has 19 heavy (non-hydrogen) atoms. The lowest BCUT2D eigenvalue weighted by Gasteiger charge is -2.07. The summed E-state index contributed by atoms with van der Waals surface area (Å²) in [6.45, 7) is 0.837. The molecule has 3 rings (SSSR count). The summed E-state index contributed by atoms with van der Waals surface area (Å²) >= 11 is 0. The van der Waals surface area contributed by atoms with Crippen molar-refractivity contribution in [2.75, 3.05) is 6.54 Å². The number of pyridine rings is 1. The standard InChI is InChI=1S/C14H11N5/c15-7-12-3-1-5-14(18-12)11-8-17-19(10-11)13-4-2-6-16-9-13/h1-5,8-10,16H,6H2. The maximum Gasteiger partial charge on any atom is 0.141 e. The minimum Gasteiger partial charge on any atom is -0.386 e. The van der Waals surface area contributed by atoms with Crippen LogP contribution in [0.5, 0.6) is 0 Å². The highest BCUT2D eigenvalue weighted by Gasteiger charge is 2.06. The van der Waals surface area contributed by atoms with Gasteiger partial charge in [-0.3, -0.25) is 0 Å². The fourth-order valence-electron chi connectivity index (χ4n) is 1.86. The molecule has 0 aliphatic carbocycles. The van der Waals surface area contributed by atoms with Crippen molar-refractivity contribution in [2.45, 2.75) is 0 Å². The Hall–Kier alpha value is -2.87. The fourth-order valence-corrected chi connectivity index (χ4v) is 1.86. The zero-order chi connectivity index (χ0) is 13.1. The molecule has 5 nitrogen and oxygen atoms in total. The third-order valence-corrected chi connectivity index (χ3v) is 2.78. The third-order valence-electron chi connectivity index (χ3n) is 2.78. The largest absolute Gasteiger partial charge is 0.386 e. The van der Waals surface area contributed by atoms with Crippen LogP contribution in [0.4, 0.5) is 0 Å². The van der Waals surface area contributed by atoms with Crippen LogP contribution in [0.25, 0.3) is 17.0 Å². The summed E-state index contributed by atoms with van der Waals surface area (Å²) in [5.41, 5.74) is 3.01. The van der Waals surface area contributed by atoms with Crippen molar-refractivity contribution in [3.05, 3.63) is 54.6 Å². The quantitative estimate of drug-likeness (QED) is 0.880. The second-order valence-electron chi connectivity index (χ2n) is 4.07. The monoisotopic (exact) mass is 249 g/mol. The van der Waals surface area contributed by atoms with Crippen molar-refractivity contribution in [3.63, 3.8) is 0 Å². The zero-order valence-electron chi connectivity index (χ0n) is 10.1. The molecule has 0 atom stereocenters. The van der Waals surface area contributed by atoms with Crippen LogP contribution in [0.2, 0.25) is 0 Å². The molecule has 0 radical (unpaired) electrons. The summed E-state index contributed by atoms with van der Waals surface area (Å²) in [4.78, 5) is 4.25. The molecule has 0 spiro atoms. The molecular weight excluding hydrogens is 238 g/mol. The highest BCUT2D eigenvalue weighted by Crippen LogP contribution is 2.18. The number of nitriles is 1. The Labute approximate surface area is 110 Å². The molecule has 0 bridgehead atoms. The summed E-state index contributed by atoms with van der Waals surface area (Å²) in [5.74, 6) is 0. The molecule has 5 heteroatoms. The second kappa shape index (κ2) is 4.78. The molecule has 2 aromatic rings. The van der Waals surface area contributed by atoms with Gasteiger partial charge in [0.2, 0.25) is 0 Å². The Kier molecular flexibility index (Phi) is 2.83. The third kappa shape index (κ3) is 2.24. The van der Waals surface area contributed by atoms with Crippen molar-refractivity contribution >= 4 is 5.70 Å². The van der Waals surface area contributed by atoms with E-state index < -0.39 is 0 Å². The van der Waals surface area contributed by atoms with Gasteiger partial charge in [-0.15, -0.1) is 0 Å². The van der Waals surface area contributed by atoms with Crippen molar-refractivity contribution in [1.29, 1.82) is 5.26 Å². The molecule has 0 saturated carbocycles. The molecule has 1 aliphatic rings. The average molecular weight is 249 g/mol. The predicted molar refractivity (Wildman–Crippen MR) is 71.6 cm³/mol. The molecule has 2 aromatic heterocycles.